The number of hydrogen-bond acceptors (Lipinski definition) is 4. The summed E-state index contributed by atoms with van der Waals surface area (Å²) in [6.45, 7) is 1.93. The van der Waals surface area contributed by atoms with Crippen molar-refractivity contribution in [2.24, 2.45) is 0 Å². The summed E-state index contributed by atoms with van der Waals surface area (Å²) < 4.78 is 5.64. The topological polar surface area (TPSA) is 62.1 Å². The molecule has 0 saturated heterocycles. The average molecular weight is 295 g/mol. The average Bonchev–Trinajstić information content (AvgIpc) is 2.30. The van der Waals surface area contributed by atoms with Crippen LogP contribution in [0.1, 0.15) is 6.92 Å². The van der Waals surface area contributed by atoms with E-state index in [9.17, 15) is 4.79 Å². The van der Waals surface area contributed by atoms with Gasteiger partial charge in [0.15, 0.2) is 5.57 Å². The summed E-state index contributed by atoms with van der Waals surface area (Å²) in [4.78, 5) is 11.3. The lowest BCUT2D eigenvalue weighted by atomic mass is 10.3. The van der Waals surface area contributed by atoms with Crippen LogP contribution in [-0.2, 0) is 9.53 Å². The van der Waals surface area contributed by atoms with Crippen molar-refractivity contribution in [1.29, 1.82) is 5.26 Å². The first-order valence-electron chi connectivity index (χ1n) is 4.97. The number of nitriles is 1. The molecule has 5 heteroatoms. The molecule has 0 bridgehead atoms. The van der Waals surface area contributed by atoms with E-state index < -0.39 is 5.97 Å². The quantitative estimate of drug-likeness (QED) is 0.527. The van der Waals surface area contributed by atoms with Gasteiger partial charge in [-0.15, -0.1) is 0 Å². The molecule has 0 aliphatic rings. The second kappa shape index (κ2) is 6.71. The van der Waals surface area contributed by atoms with Gasteiger partial charge in [-0.2, -0.15) is 5.26 Å². The molecule has 0 atom stereocenters. The minimum atomic E-state index is -0.627. The molecule has 4 nitrogen and oxygen atoms in total. The summed E-state index contributed by atoms with van der Waals surface area (Å²) in [7, 11) is 0. The predicted molar refractivity (Wildman–Crippen MR) is 68.1 cm³/mol. The maximum atomic E-state index is 11.3. The fraction of sp³-hybridized carbons (Fsp3) is 0.167. The standard InChI is InChI=1S/C12H11BrN2O2/c1-2-17-12(16)9(7-14)8-15-11-5-3-4-10(13)6-11/h3-6,8,15H,2H2,1H3/b9-8-. The fourth-order valence-corrected chi connectivity index (χ4v) is 1.48. The number of nitrogens with zero attached hydrogens (tertiary/aromatic N) is 1. The molecular formula is C12H11BrN2O2. The Morgan fingerprint density at radius 1 is 1.65 bits per heavy atom. The number of benzene rings is 1. The first-order valence-corrected chi connectivity index (χ1v) is 5.76. The molecular weight excluding hydrogens is 284 g/mol. The lowest BCUT2D eigenvalue weighted by Crippen LogP contribution is -2.07. The third kappa shape index (κ3) is 4.29. The molecule has 1 N–H and O–H groups in total. The normalized spacial score (nSPS) is 10.5. The molecule has 0 aliphatic carbocycles. The van der Waals surface area contributed by atoms with Gasteiger partial charge in [-0.25, -0.2) is 4.79 Å². The van der Waals surface area contributed by atoms with Crippen molar-refractivity contribution in [3.63, 3.8) is 0 Å². The van der Waals surface area contributed by atoms with E-state index in [2.05, 4.69) is 21.2 Å². The highest BCUT2D eigenvalue weighted by Gasteiger charge is 2.08. The lowest BCUT2D eigenvalue weighted by molar-refractivity contribution is -0.138. The summed E-state index contributed by atoms with van der Waals surface area (Å²) in [5.74, 6) is -0.627. The van der Waals surface area contributed by atoms with E-state index in [0.29, 0.717) is 0 Å². The Kier molecular flexibility index (Phi) is 5.24. The van der Waals surface area contributed by atoms with Crippen molar-refractivity contribution in [1.82, 2.24) is 0 Å². The van der Waals surface area contributed by atoms with Gasteiger partial charge in [0.25, 0.3) is 0 Å². The highest BCUT2D eigenvalue weighted by Crippen LogP contribution is 2.15. The number of rotatable bonds is 4. The number of halogens is 1. The Morgan fingerprint density at radius 2 is 2.41 bits per heavy atom. The second-order valence-electron chi connectivity index (χ2n) is 3.04. The van der Waals surface area contributed by atoms with Gasteiger partial charge in [0.1, 0.15) is 6.07 Å². The van der Waals surface area contributed by atoms with Gasteiger partial charge in [-0.05, 0) is 25.1 Å². The van der Waals surface area contributed by atoms with Gasteiger partial charge >= 0.3 is 5.97 Å². The Balaban J connectivity index is 2.75. The van der Waals surface area contributed by atoms with Crippen LogP contribution < -0.4 is 5.32 Å². The smallest absolute Gasteiger partial charge is 0.350 e. The fourth-order valence-electron chi connectivity index (χ4n) is 1.08. The zero-order valence-corrected chi connectivity index (χ0v) is 10.8. The number of hydrogen-bond donors (Lipinski definition) is 1. The number of carbonyl (C=O) groups excluding carboxylic acids is 1. The van der Waals surface area contributed by atoms with Crippen LogP contribution in [-0.4, -0.2) is 12.6 Å². The predicted octanol–water partition coefficient (Wildman–Crippen LogP) is 2.83. The van der Waals surface area contributed by atoms with E-state index in [-0.39, 0.29) is 12.2 Å². The largest absolute Gasteiger partial charge is 0.462 e. The third-order valence-electron chi connectivity index (χ3n) is 1.82. The highest BCUT2D eigenvalue weighted by atomic mass is 79.9. The highest BCUT2D eigenvalue weighted by molar-refractivity contribution is 9.10. The number of nitrogens with one attached hydrogen (secondary N) is 1. The van der Waals surface area contributed by atoms with Gasteiger partial charge in [0.05, 0.1) is 6.61 Å². The minimum Gasteiger partial charge on any atom is -0.462 e. The van der Waals surface area contributed by atoms with Crippen molar-refractivity contribution < 1.29 is 9.53 Å². The monoisotopic (exact) mass is 294 g/mol. The summed E-state index contributed by atoms with van der Waals surface area (Å²) in [5, 5.41) is 11.6. The molecule has 1 aromatic carbocycles. The van der Waals surface area contributed by atoms with E-state index in [0.717, 1.165) is 10.2 Å². The SMILES string of the molecule is CCOC(=O)/C(C#N)=C\Nc1cccc(Br)c1. The van der Waals surface area contributed by atoms with Crippen LogP contribution >= 0.6 is 15.9 Å². The summed E-state index contributed by atoms with van der Waals surface area (Å²) >= 11 is 3.32. The zero-order chi connectivity index (χ0) is 12.7. The van der Waals surface area contributed by atoms with Crippen molar-refractivity contribution in [3.8, 4) is 6.07 Å². The van der Waals surface area contributed by atoms with E-state index in [1.54, 1.807) is 13.0 Å². The van der Waals surface area contributed by atoms with Crippen molar-refractivity contribution in [3.05, 3.63) is 40.5 Å². The minimum absolute atomic E-state index is 0.0631. The van der Waals surface area contributed by atoms with Gasteiger partial charge < -0.3 is 10.1 Å². The number of carbonyl (C=O) groups is 1. The molecule has 0 fully saturated rings. The van der Waals surface area contributed by atoms with E-state index >= 15 is 0 Å². The Bertz CT molecular complexity index is 478. The molecule has 1 rings (SSSR count). The van der Waals surface area contributed by atoms with Crippen molar-refractivity contribution in [2.45, 2.75) is 6.92 Å². The van der Waals surface area contributed by atoms with E-state index in [4.69, 9.17) is 10.00 Å². The van der Waals surface area contributed by atoms with Crippen LogP contribution in [0.2, 0.25) is 0 Å². The maximum absolute atomic E-state index is 11.3. The Labute approximate surface area is 108 Å². The van der Waals surface area contributed by atoms with Gasteiger partial charge in [-0.3, -0.25) is 0 Å². The lowest BCUT2D eigenvalue weighted by Gasteiger charge is -2.03. The van der Waals surface area contributed by atoms with Crippen LogP contribution in [0.5, 0.6) is 0 Å². The molecule has 0 radical (unpaired) electrons. The third-order valence-corrected chi connectivity index (χ3v) is 2.32. The van der Waals surface area contributed by atoms with Gasteiger partial charge in [-0.1, -0.05) is 22.0 Å². The van der Waals surface area contributed by atoms with Crippen LogP contribution in [0.15, 0.2) is 40.5 Å². The molecule has 0 aliphatic heterocycles. The van der Waals surface area contributed by atoms with Crippen LogP contribution in [0, 0.1) is 11.3 Å². The van der Waals surface area contributed by atoms with Gasteiger partial charge in [0.2, 0.25) is 0 Å². The van der Waals surface area contributed by atoms with Crippen molar-refractivity contribution in [2.75, 3.05) is 11.9 Å². The summed E-state index contributed by atoms with van der Waals surface area (Å²) in [6, 6.07) is 9.16. The van der Waals surface area contributed by atoms with Gasteiger partial charge in [0, 0.05) is 16.4 Å². The summed E-state index contributed by atoms with van der Waals surface area (Å²) in [6.07, 6.45) is 1.33. The van der Waals surface area contributed by atoms with E-state index in [1.165, 1.54) is 6.20 Å². The first kappa shape index (κ1) is 13.3. The van der Waals surface area contributed by atoms with E-state index in [1.807, 2.05) is 24.3 Å². The first-order chi connectivity index (χ1) is 8.17. The second-order valence-corrected chi connectivity index (χ2v) is 3.96. The molecule has 0 heterocycles. The molecule has 88 valence electrons. The molecule has 0 saturated carbocycles. The Morgan fingerprint density at radius 3 is 3.00 bits per heavy atom. The maximum Gasteiger partial charge on any atom is 0.350 e. The van der Waals surface area contributed by atoms with Crippen LogP contribution in [0.25, 0.3) is 0 Å². The van der Waals surface area contributed by atoms with Crippen LogP contribution in [0.4, 0.5) is 5.69 Å². The number of ether oxygens (including phenoxy) is 1. The molecule has 1 aromatic rings. The van der Waals surface area contributed by atoms with Crippen LogP contribution in [0.3, 0.4) is 0 Å². The summed E-state index contributed by atoms with van der Waals surface area (Å²) in [5.41, 5.74) is 0.711. The molecule has 0 aromatic heterocycles. The Hall–Kier alpha value is -1.80. The number of esters is 1. The molecule has 17 heavy (non-hydrogen) atoms. The number of anilines is 1. The molecule has 0 unspecified atom stereocenters. The van der Waals surface area contributed by atoms with Crippen molar-refractivity contribution >= 4 is 27.6 Å². The zero-order valence-electron chi connectivity index (χ0n) is 9.24. The molecule has 0 amide bonds. The molecule has 0 spiro atoms.